The van der Waals surface area contributed by atoms with Crippen molar-refractivity contribution in [2.45, 2.75) is 12.1 Å². The normalized spacial score (nSPS) is 13.7. The molecular formula is C6H14N2O4S3. The zero-order valence-corrected chi connectivity index (χ0v) is 10.4. The van der Waals surface area contributed by atoms with Crippen LogP contribution in [0.2, 0.25) is 0 Å². The number of aliphatic carboxylic acids is 2. The quantitative estimate of drug-likeness (QED) is 0.355. The van der Waals surface area contributed by atoms with E-state index >= 15 is 0 Å². The third-order valence-corrected chi connectivity index (χ3v) is 3.69. The summed E-state index contributed by atoms with van der Waals surface area (Å²) in [6.07, 6.45) is 0. The maximum absolute atomic E-state index is 10.3. The molecule has 0 aromatic rings. The molecule has 90 valence electrons. The first-order chi connectivity index (χ1) is 6.45. The zero-order chi connectivity index (χ0) is 11.1. The lowest BCUT2D eigenvalue weighted by atomic mass is 10.4. The first-order valence-electron chi connectivity index (χ1n) is 3.66. The monoisotopic (exact) mass is 274 g/mol. The lowest BCUT2D eigenvalue weighted by molar-refractivity contribution is -0.138. The molecule has 6 N–H and O–H groups in total. The van der Waals surface area contributed by atoms with Crippen molar-refractivity contribution >= 4 is 47.0 Å². The number of carboxylic acids is 2. The molecule has 0 saturated heterocycles. The fourth-order valence-electron chi connectivity index (χ4n) is 0.385. The van der Waals surface area contributed by atoms with E-state index in [-0.39, 0.29) is 25.0 Å². The van der Waals surface area contributed by atoms with Crippen molar-refractivity contribution in [3.05, 3.63) is 0 Å². The van der Waals surface area contributed by atoms with Crippen molar-refractivity contribution < 1.29 is 19.8 Å². The van der Waals surface area contributed by atoms with Crippen molar-refractivity contribution in [3.63, 3.8) is 0 Å². The molecule has 0 heterocycles. The second-order valence-corrected chi connectivity index (χ2v) is 5.01. The second-order valence-electron chi connectivity index (χ2n) is 2.46. The topological polar surface area (TPSA) is 127 Å². The maximum atomic E-state index is 10.3. The Morgan fingerprint density at radius 3 is 1.47 bits per heavy atom. The molecule has 1 unspecified atom stereocenters. The molecule has 0 aromatic heterocycles. The molecule has 0 spiro atoms. The highest BCUT2D eigenvalue weighted by molar-refractivity contribution is 8.76. The van der Waals surface area contributed by atoms with Crippen LogP contribution in [0.15, 0.2) is 0 Å². The molecule has 9 heteroatoms. The van der Waals surface area contributed by atoms with Crippen LogP contribution in [0, 0.1) is 0 Å². The van der Waals surface area contributed by atoms with E-state index in [4.69, 9.17) is 21.7 Å². The van der Waals surface area contributed by atoms with E-state index in [1.807, 2.05) is 0 Å². The average Bonchev–Trinajstić information content (AvgIpc) is 2.11. The van der Waals surface area contributed by atoms with Crippen molar-refractivity contribution in [1.82, 2.24) is 0 Å². The number of carboxylic acid groups (broad SMARTS) is 2. The molecule has 0 rings (SSSR count). The molecule has 15 heavy (non-hydrogen) atoms. The largest absolute Gasteiger partial charge is 0.480 e. The predicted molar refractivity (Wildman–Crippen MR) is 66.5 cm³/mol. The highest BCUT2D eigenvalue weighted by atomic mass is 33.1. The fourth-order valence-corrected chi connectivity index (χ4v) is 2.61. The van der Waals surface area contributed by atoms with Crippen LogP contribution in [0.4, 0.5) is 0 Å². The summed E-state index contributed by atoms with van der Waals surface area (Å²) in [6.45, 7) is 0. The van der Waals surface area contributed by atoms with Crippen molar-refractivity contribution in [3.8, 4) is 0 Å². The zero-order valence-electron chi connectivity index (χ0n) is 7.75. The Labute approximate surface area is 102 Å². The number of nitrogens with two attached hydrogens (primary N) is 2. The summed E-state index contributed by atoms with van der Waals surface area (Å²) >= 11 is 0. The standard InChI is InChI=1S/C6H12N2O4S2.H2S/c7-3(5(9)10)1-13-14-2-4(8)6(11)12;/h3-4H,1-2,7-8H2,(H,9,10)(H,11,12);1H2/t3-,4?;/m0./s1. The third kappa shape index (κ3) is 8.88. The van der Waals surface area contributed by atoms with E-state index in [0.29, 0.717) is 0 Å². The average molecular weight is 274 g/mol. The molecule has 0 aliphatic heterocycles. The molecular weight excluding hydrogens is 260 g/mol. The van der Waals surface area contributed by atoms with Crippen LogP contribution in [0.5, 0.6) is 0 Å². The molecule has 6 nitrogen and oxygen atoms in total. The molecule has 0 fully saturated rings. The summed E-state index contributed by atoms with van der Waals surface area (Å²) in [5, 5.41) is 16.8. The minimum atomic E-state index is -1.07. The fraction of sp³-hybridized carbons (Fsp3) is 0.667. The number of hydrogen-bond acceptors (Lipinski definition) is 6. The summed E-state index contributed by atoms with van der Waals surface area (Å²) in [7, 11) is 2.41. The Hall–Kier alpha value is -0.0900. The molecule has 0 aromatic carbocycles. The smallest absolute Gasteiger partial charge is 0.321 e. The van der Waals surface area contributed by atoms with Crippen LogP contribution in [-0.2, 0) is 9.59 Å². The molecule has 0 aliphatic carbocycles. The van der Waals surface area contributed by atoms with Gasteiger partial charge in [-0.3, -0.25) is 9.59 Å². The summed E-state index contributed by atoms with van der Waals surface area (Å²) in [6, 6.07) is -1.85. The van der Waals surface area contributed by atoms with Gasteiger partial charge in [0.1, 0.15) is 12.1 Å². The number of hydrogen-bond donors (Lipinski definition) is 4. The Morgan fingerprint density at radius 2 is 1.27 bits per heavy atom. The van der Waals surface area contributed by atoms with Crippen molar-refractivity contribution in [2.24, 2.45) is 11.5 Å². The van der Waals surface area contributed by atoms with Gasteiger partial charge in [0.25, 0.3) is 0 Å². The maximum Gasteiger partial charge on any atom is 0.321 e. The Morgan fingerprint density at radius 1 is 1.00 bits per heavy atom. The van der Waals surface area contributed by atoms with Crippen LogP contribution in [0.25, 0.3) is 0 Å². The summed E-state index contributed by atoms with van der Waals surface area (Å²) in [4.78, 5) is 20.5. The van der Waals surface area contributed by atoms with Crippen molar-refractivity contribution in [2.75, 3.05) is 11.5 Å². The molecule has 0 saturated carbocycles. The molecule has 0 bridgehead atoms. The highest BCUT2D eigenvalue weighted by Gasteiger charge is 2.14. The summed E-state index contributed by atoms with van der Waals surface area (Å²) < 4.78 is 0. The summed E-state index contributed by atoms with van der Waals surface area (Å²) in [5.74, 6) is -1.68. The van der Waals surface area contributed by atoms with E-state index in [1.165, 1.54) is 21.6 Å². The van der Waals surface area contributed by atoms with E-state index in [1.54, 1.807) is 0 Å². The van der Waals surface area contributed by atoms with Gasteiger partial charge in [0, 0.05) is 11.5 Å². The van der Waals surface area contributed by atoms with Crippen molar-refractivity contribution in [1.29, 1.82) is 0 Å². The number of carbonyl (C=O) groups is 2. The van der Waals surface area contributed by atoms with E-state index in [9.17, 15) is 9.59 Å². The van der Waals surface area contributed by atoms with Gasteiger partial charge in [0.05, 0.1) is 0 Å². The molecule has 0 amide bonds. The van der Waals surface area contributed by atoms with Gasteiger partial charge in [-0.1, -0.05) is 21.6 Å². The third-order valence-electron chi connectivity index (χ3n) is 1.21. The van der Waals surface area contributed by atoms with Crippen LogP contribution in [0.3, 0.4) is 0 Å². The van der Waals surface area contributed by atoms with Gasteiger partial charge >= 0.3 is 11.9 Å². The van der Waals surface area contributed by atoms with Gasteiger partial charge in [-0.15, -0.1) is 0 Å². The second kappa shape index (κ2) is 9.16. The SMILES string of the molecule is NC(CSSC[C@H](N)C(=O)O)C(=O)O.S. The Bertz CT molecular complexity index is 195. The van der Waals surface area contributed by atoms with Crippen LogP contribution >= 0.6 is 35.1 Å². The lowest BCUT2D eigenvalue weighted by Crippen LogP contribution is -2.33. The lowest BCUT2D eigenvalue weighted by Gasteiger charge is -2.07. The van der Waals surface area contributed by atoms with E-state index in [0.717, 1.165) is 0 Å². The molecule has 2 atom stereocenters. The molecule has 0 radical (unpaired) electrons. The predicted octanol–water partition coefficient (Wildman–Crippen LogP) is -0.696. The summed E-state index contributed by atoms with van der Waals surface area (Å²) in [5.41, 5.74) is 10.4. The highest BCUT2D eigenvalue weighted by Crippen LogP contribution is 2.22. The molecule has 0 aliphatic rings. The van der Waals surface area contributed by atoms with Gasteiger partial charge in [0.2, 0.25) is 0 Å². The van der Waals surface area contributed by atoms with Gasteiger partial charge in [0.15, 0.2) is 0 Å². The Kier molecular flexibility index (Phi) is 10.6. The minimum Gasteiger partial charge on any atom is -0.480 e. The van der Waals surface area contributed by atoms with Gasteiger partial charge in [-0.05, 0) is 0 Å². The van der Waals surface area contributed by atoms with Crippen LogP contribution in [0.1, 0.15) is 0 Å². The van der Waals surface area contributed by atoms with Gasteiger partial charge < -0.3 is 21.7 Å². The van der Waals surface area contributed by atoms with E-state index in [2.05, 4.69) is 0 Å². The Balaban J connectivity index is 0. The number of rotatable bonds is 7. The minimum absolute atomic E-state index is 0. The first kappa shape index (κ1) is 17.3. The van der Waals surface area contributed by atoms with Gasteiger partial charge in [-0.25, -0.2) is 0 Å². The van der Waals surface area contributed by atoms with E-state index < -0.39 is 24.0 Å². The van der Waals surface area contributed by atoms with Crippen LogP contribution < -0.4 is 11.5 Å². The first-order valence-corrected chi connectivity index (χ1v) is 6.15. The van der Waals surface area contributed by atoms with Gasteiger partial charge in [-0.2, -0.15) is 13.5 Å². The van der Waals surface area contributed by atoms with Crippen LogP contribution in [-0.4, -0.2) is 45.7 Å².